The van der Waals surface area contributed by atoms with Gasteiger partial charge in [0, 0.05) is 24.5 Å². The average molecular weight is 207 g/mol. The van der Waals surface area contributed by atoms with Crippen LogP contribution >= 0.6 is 0 Å². The number of amides is 1. The molecule has 0 aliphatic rings. The van der Waals surface area contributed by atoms with Crippen molar-refractivity contribution in [2.24, 2.45) is 0 Å². The fourth-order valence-corrected chi connectivity index (χ4v) is 1.22. The van der Waals surface area contributed by atoms with Crippen molar-refractivity contribution < 1.29 is 4.79 Å². The van der Waals surface area contributed by atoms with Crippen LogP contribution in [0.3, 0.4) is 0 Å². The molecule has 0 atom stereocenters. The van der Waals surface area contributed by atoms with Gasteiger partial charge in [0.2, 0.25) is 6.41 Å². The first-order valence-corrected chi connectivity index (χ1v) is 4.85. The molecular weight excluding hydrogens is 190 g/mol. The van der Waals surface area contributed by atoms with E-state index in [0.29, 0.717) is 12.2 Å². The molecule has 82 valence electrons. The Kier molecular flexibility index (Phi) is 4.12. The molecule has 4 heteroatoms. The van der Waals surface area contributed by atoms with Gasteiger partial charge in [0.05, 0.1) is 0 Å². The second-order valence-electron chi connectivity index (χ2n) is 3.69. The molecule has 0 heterocycles. The highest BCUT2D eigenvalue weighted by atomic mass is 16.1. The maximum absolute atomic E-state index is 10.9. The maximum Gasteiger partial charge on any atom is 0.214 e. The van der Waals surface area contributed by atoms with Gasteiger partial charge in [0.1, 0.15) is 0 Å². The van der Waals surface area contributed by atoms with E-state index >= 15 is 0 Å². The highest BCUT2D eigenvalue weighted by Crippen LogP contribution is 2.14. The lowest BCUT2D eigenvalue weighted by molar-refractivity contribution is -0.107. The zero-order valence-electron chi connectivity index (χ0n) is 9.18. The van der Waals surface area contributed by atoms with E-state index in [9.17, 15) is 4.79 Å². The SMILES string of the molecule is CN(C)CCN(C=O)c1ccc(N)cc1. The minimum Gasteiger partial charge on any atom is -0.399 e. The minimum atomic E-state index is 0.681. The van der Waals surface area contributed by atoms with Gasteiger partial charge in [0.15, 0.2) is 0 Å². The summed E-state index contributed by atoms with van der Waals surface area (Å²) < 4.78 is 0. The predicted octanol–water partition coefficient (Wildman–Crippen LogP) is 0.793. The van der Waals surface area contributed by atoms with Crippen molar-refractivity contribution in [2.75, 3.05) is 37.8 Å². The topological polar surface area (TPSA) is 49.6 Å². The first-order chi connectivity index (χ1) is 7.13. The summed E-state index contributed by atoms with van der Waals surface area (Å²) in [5.74, 6) is 0. The monoisotopic (exact) mass is 207 g/mol. The minimum absolute atomic E-state index is 0.681. The molecule has 0 aromatic heterocycles. The molecule has 2 N–H and O–H groups in total. The Morgan fingerprint density at radius 2 is 1.80 bits per heavy atom. The molecule has 0 aliphatic carbocycles. The summed E-state index contributed by atoms with van der Waals surface area (Å²) >= 11 is 0. The second-order valence-corrected chi connectivity index (χ2v) is 3.69. The Bertz CT molecular complexity index is 308. The number of nitrogens with zero attached hydrogens (tertiary/aromatic N) is 2. The molecule has 4 nitrogen and oxygen atoms in total. The Morgan fingerprint density at radius 1 is 1.20 bits per heavy atom. The van der Waals surface area contributed by atoms with Crippen LogP contribution in [0.1, 0.15) is 0 Å². The molecule has 0 spiro atoms. The number of hydrogen-bond donors (Lipinski definition) is 1. The third-order valence-electron chi connectivity index (χ3n) is 2.14. The molecule has 1 rings (SSSR count). The van der Waals surface area contributed by atoms with Crippen LogP contribution in [0.15, 0.2) is 24.3 Å². The number of nitrogens with two attached hydrogens (primary N) is 1. The van der Waals surface area contributed by atoms with Gasteiger partial charge in [0.25, 0.3) is 0 Å². The first kappa shape index (κ1) is 11.5. The number of rotatable bonds is 5. The molecule has 1 amide bonds. The lowest BCUT2D eigenvalue weighted by atomic mass is 10.2. The molecule has 15 heavy (non-hydrogen) atoms. The van der Waals surface area contributed by atoms with Crippen molar-refractivity contribution in [3.8, 4) is 0 Å². The van der Waals surface area contributed by atoms with E-state index in [2.05, 4.69) is 0 Å². The standard InChI is InChI=1S/C11H17N3O/c1-13(2)7-8-14(9-15)11-5-3-10(12)4-6-11/h3-6,9H,7-8,12H2,1-2H3. The normalized spacial score (nSPS) is 10.3. The largest absolute Gasteiger partial charge is 0.399 e. The van der Waals surface area contributed by atoms with E-state index in [0.717, 1.165) is 18.6 Å². The van der Waals surface area contributed by atoms with Gasteiger partial charge in [-0.1, -0.05) is 0 Å². The predicted molar refractivity (Wildman–Crippen MR) is 62.8 cm³/mol. The fourth-order valence-electron chi connectivity index (χ4n) is 1.22. The highest BCUT2D eigenvalue weighted by molar-refractivity contribution is 5.75. The van der Waals surface area contributed by atoms with Crippen molar-refractivity contribution in [3.63, 3.8) is 0 Å². The summed E-state index contributed by atoms with van der Waals surface area (Å²) in [5.41, 5.74) is 7.16. The van der Waals surface area contributed by atoms with Gasteiger partial charge >= 0.3 is 0 Å². The molecule has 0 bridgehead atoms. The average Bonchev–Trinajstić information content (AvgIpc) is 2.21. The summed E-state index contributed by atoms with van der Waals surface area (Å²) in [6, 6.07) is 7.28. The Labute approximate surface area is 90.3 Å². The summed E-state index contributed by atoms with van der Waals surface area (Å²) in [6.45, 7) is 1.52. The van der Waals surface area contributed by atoms with E-state index < -0.39 is 0 Å². The number of anilines is 2. The van der Waals surface area contributed by atoms with Crippen LogP contribution in [-0.2, 0) is 4.79 Å². The van der Waals surface area contributed by atoms with E-state index in [1.165, 1.54) is 0 Å². The molecule has 0 saturated heterocycles. The zero-order valence-corrected chi connectivity index (χ0v) is 9.18. The van der Waals surface area contributed by atoms with Gasteiger partial charge in [-0.2, -0.15) is 0 Å². The van der Waals surface area contributed by atoms with Crippen LogP contribution in [0.4, 0.5) is 11.4 Å². The third kappa shape index (κ3) is 3.59. The molecule has 1 aromatic rings. The number of carbonyl (C=O) groups is 1. The van der Waals surface area contributed by atoms with Crippen molar-refractivity contribution in [1.29, 1.82) is 0 Å². The lowest BCUT2D eigenvalue weighted by Crippen LogP contribution is -2.30. The van der Waals surface area contributed by atoms with Gasteiger partial charge in [-0.25, -0.2) is 0 Å². The summed E-state index contributed by atoms with van der Waals surface area (Å²) in [4.78, 5) is 14.6. The van der Waals surface area contributed by atoms with Gasteiger partial charge in [-0.15, -0.1) is 0 Å². The second kappa shape index (κ2) is 5.36. The van der Waals surface area contributed by atoms with Crippen LogP contribution in [-0.4, -0.2) is 38.5 Å². The highest BCUT2D eigenvalue weighted by Gasteiger charge is 2.04. The van der Waals surface area contributed by atoms with Crippen LogP contribution < -0.4 is 10.6 Å². The maximum atomic E-state index is 10.9. The first-order valence-electron chi connectivity index (χ1n) is 4.85. The summed E-state index contributed by atoms with van der Waals surface area (Å²) in [5, 5.41) is 0. The van der Waals surface area contributed by atoms with Crippen molar-refractivity contribution in [3.05, 3.63) is 24.3 Å². The van der Waals surface area contributed by atoms with Gasteiger partial charge in [-0.05, 0) is 38.4 Å². The molecule has 0 unspecified atom stereocenters. The number of benzene rings is 1. The number of likely N-dealkylation sites (N-methyl/N-ethyl adjacent to an activating group) is 1. The molecule has 0 radical (unpaired) electrons. The number of nitrogen functional groups attached to an aromatic ring is 1. The van der Waals surface area contributed by atoms with Crippen molar-refractivity contribution in [2.45, 2.75) is 0 Å². The van der Waals surface area contributed by atoms with E-state index in [1.807, 2.05) is 31.1 Å². The molecule has 0 saturated carbocycles. The third-order valence-corrected chi connectivity index (χ3v) is 2.14. The van der Waals surface area contributed by atoms with E-state index in [4.69, 9.17) is 5.73 Å². The van der Waals surface area contributed by atoms with Gasteiger partial charge < -0.3 is 15.5 Å². The Hall–Kier alpha value is -1.55. The zero-order chi connectivity index (χ0) is 11.3. The summed E-state index contributed by atoms with van der Waals surface area (Å²) in [7, 11) is 3.96. The lowest BCUT2D eigenvalue weighted by Gasteiger charge is -2.19. The smallest absolute Gasteiger partial charge is 0.214 e. The quantitative estimate of drug-likeness (QED) is 0.573. The van der Waals surface area contributed by atoms with Gasteiger partial charge in [-0.3, -0.25) is 4.79 Å². The van der Waals surface area contributed by atoms with E-state index in [1.54, 1.807) is 17.0 Å². The Balaban J connectivity index is 2.65. The van der Waals surface area contributed by atoms with Crippen LogP contribution in [0.5, 0.6) is 0 Å². The van der Waals surface area contributed by atoms with Crippen molar-refractivity contribution >= 4 is 17.8 Å². The molecule has 1 aromatic carbocycles. The number of carbonyl (C=O) groups excluding carboxylic acids is 1. The van der Waals surface area contributed by atoms with Crippen LogP contribution in [0.2, 0.25) is 0 Å². The number of hydrogen-bond acceptors (Lipinski definition) is 3. The molecular formula is C11H17N3O. The van der Waals surface area contributed by atoms with Crippen molar-refractivity contribution in [1.82, 2.24) is 4.90 Å². The fraction of sp³-hybridized carbons (Fsp3) is 0.364. The van der Waals surface area contributed by atoms with E-state index in [-0.39, 0.29) is 0 Å². The van der Waals surface area contributed by atoms with Crippen LogP contribution in [0, 0.1) is 0 Å². The Morgan fingerprint density at radius 3 is 2.27 bits per heavy atom. The molecule has 0 aliphatic heterocycles. The summed E-state index contributed by atoms with van der Waals surface area (Å²) in [6.07, 6.45) is 0.842. The van der Waals surface area contributed by atoms with Crippen LogP contribution in [0.25, 0.3) is 0 Å². The molecule has 0 fully saturated rings.